The normalized spacial score (nSPS) is 28.0. The molecule has 10 heteroatoms. The summed E-state index contributed by atoms with van der Waals surface area (Å²) in [5.74, 6) is -1.99. The van der Waals surface area contributed by atoms with Gasteiger partial charge in [0.2, 0.25) is 5.91 Å². The number of aliphatic carboxylic acids is 1. The number of rotatable bonds is 5. The predicted molar refractivity (Wildman–Crippen MR) is 92.0 cm³/mol. The number of aliphatic hydroxyl groups is 1. The molecule has 1 aromatic heterocycles. The lowest BCUT2D eigenvalue weighted by atomic mass is 9.98. The summed E-state index contributed by atoms with van der Waals surface area (Å²) in [6.45, 7) is 0.857. The van der Waals surface area contributed by atoms with Crippen LogP contribution in [0, 0.1) is 0 Å². The Kier molecular flexibility index (Phi) is 4.62. The summed E-state index contributed by atoms with van der Waals surface area (Å²) in [4.78, 5) is 39.2. The Labute approximate surface area is 151 Å². The highest BCUT2D eigenvalue weighted by Crippen LogP contribution is 2.50. The van der Waals surface area contributed by atoms with Gasteiger partial charge in [-0.15, -0.1) is 23.1 Å². The molecule has 2 N–H and O–H groups in total. The van der Waals surface area contributed by atoms with Crippen molar-refractivity contribution in [2.45, 2.75) is 23.3 Å². The van der Waals surface area contributed by atoms with Crippen LogP contribution in [0.5, 0.6) is 0 Å². The molecular formula is C15H16N2O6S2. The molecule has 1 fully saturated rings. The number of carboxylic acid groups (broad SMARTS) is 1. The van der Waals surface area contributed by atoms with Gasteiger partial charge in [-0.2, -0.15) is 0 Å². The van der Waals surface area contributed by atoms with Crippen LogP contribution in [0.1, 0.15) is 6.92 Å². The van der Waals surface area contributed by atoms with Gasteiger partial charge in [-0.25, -0.2) is 0 Å². The molecule has 2 amide bonds. The van der Waals surface area contributed by atoms with E-state index in [1.807, 2.05) is 0 Å². The maximum Gasteiger partial charge on any atom is 0.321 e. The number of thioether (sulfide) groups is 1. The predicted octanol–water partition coefficient (Wildman–Crippen LogP) is 0.688. The summed E-state index contributed by atoms with van der Waals surface area (Å²) in [7, 11) is 1.32. The van der Waals surface area contributed by atoms with E-state index in [0.29, 0.717) is 5.00 Å². The van der Waals surface area contributed by atoms with Crippen molar-refractivity contribution in [2.24, 2.45) is 0 Å². The summed E-state index contributed by atoms with van der Waals surface area (Å²) in [5.41, 5.74) is -1.40. The number of anilines is 1. The number of ether oxygens (including phenoxy) is 1. The van der Waals surface area contributed by atoms with Crippen molar-refractivity contribution in [1.29, 1.82) is 0 Å². The van der Waals surface area contributed by atoms with E-state index in [2.05, 4.69) is 0 Å². The van der Waals surface area contributed by atoms with E-state index in [1.165, 1.54) is 41.4 Å². The number of nitrogens with zero attached hydrogens (tertiary/aromatic N) is 2. The first-order valence-electron chi connectivity index (χ1n) is 7.30. The van der Waals surface area contributed by atoms with Crippen molar-refractivity contribution in [1.82, 2.24) is 4.90 Å². The fraction of sp³-hybridized carbons (Fsp3) is 0.400. The number of fused-ring (bicyclic) bond motifs is 1. The summed E-state index contributed by atoms with van der Waals surface area (Å²) >= 11 is 2.24. The number of methoxy groups -OCH3 is 1. The second-order valence-electron chi connectivity index (χ2n) is 5.49. The van der Waals surface area contributed by atoms with Gasteiger partial charge in [0.1, 0.15) is 15.6 Å². The van der Waals surface area contributed by atoms with Crippen LogP contribution in [0.3, 0.4) is 0 Å². The van der Waals surface area contributed by atoms with Crippen molar-refractivity contribution in [3.8, 4) is 0 Å². The molecule has 3 rings (SSSR count). The van der Waals surface area contributed by atoms with Gasteiger partial charge in [0.15, 0.2) is 0 Å². The Balaban J connectivity index is 2.06. The highest BCUT2D eigenvalue weighted by molar-refractivity contribution is 8.01. The Morgan fingerprint density at radius 3 is 2.68 bits per heavy atom. The highest BCUT2D eigenvalue weighted by Gasteiger charge is 2.68. The fourth-order valence-electron chi connectivity index (χ4n) is 3.04. The molecule has 0 aromatic carbocycles. The maximum absolute atomic E-state index is 12.9. The third-order valence-corrected chi connectivity index (χ3v) is 6.56. The third-order valence-electron chi connectivity index (χ3n) is 4.13. The number of aliphatic hydroxyl groups excluding tert-OH is 1. The molecule has 2 unspecified atom stereocenters. The van der Waals surface area contributed by atoms with Crippen LogP contribution < -0.4 is 4.90 Å². The highest BCUT2D eigenvalue weighted by atomic mass is 32.2. The van der Waals surface area contributed by atoms with Crippen molar-refractivity contribution in [3.63, 3.8) is 0 Å². The Hall–Kier alpha value is -1.88. The lowest BCUT2D eigenvalue weighted by Crippen LogP contribution is -2.80. The molecular weight excluding hydrogens is 368 g/mol. The number of carboxylic acids is 1. The van der Waals surface area contributed by atoms with Crippen LogP contribution in [-0.2, 0) is 19.1 Å². The minimum atomic E-state index is -1.62. The smallest absolute Gasteiger partial charge is 0.321 e. The molecule has 134 valence electrons. The molecule has 3 atom stereocenters. The first-order chi connectivity index (χ1) is 11.9. The molecule has 2 aliphatic rings. The molecule has 0 aliphatic carbocycles. The van der Waals surface area contributed by atoms with E-state index >= 15 is 0 Å². The molecule has 0 bridgehead atoms. The lowest BCUT2D eigenvalue weighted by Gasteiger charge is -2.58. The van der Waals surface area contributed by atoms with Gasteiger partial charge < -0.3 is 14.9 Å². The molecule has 8 nitrogen and oxygen atoms in total. The topological polar surface area (TPSA) is 107 Å². The van der Waals surface area contributed by atoms with Crippen LogP contribution in [0.15, 0.2) is 29.3 Å². The van der Waals surface area contributed by atoms with E-state index < -0.39 is 34.8 Å². The van der Waals surface area contributed by atoms with Gasteiger partial charge in [0, 0.05) is 20.2 Å². The Morgan fingerprint density at radius 2 is 2.20 bits per heavy atom. The van der Waals surface area contributed by atoms with Crippen molar-refractivity contribution < 1.29 is 29.3 Å². The maximum atomic E-state index is 12.9. The zero-order valence-electron chi connectivity index (χ0n) is 13.4. The van der Waals surface area contributed by atoms with Gasteiger partial charge in [-0.05, 0) is 23.1 Å². The number of carbonyl (C=O) groups is 3. The monoisotopic (exact) mass is 384 g/mol. The lowest BCUT2D eigenvalue weighted by molar-refractivity contribution is -0.182. The molecule has 0 radical (unpaired) electrons. The number of hydrogen-bond acceptors (Lipinski definition) is 7. The van der Waals surface area contributed by atoms with Crippen molar-refractivity contribution >= 4 is 45.9 Å². The second kappa shape index (κ2) is 6.45. The van der Waals surface area contributed by atoms with Crippen LogP contribution in [0.2, 0.25) is 0 Å². The molecule has 1 saturated heterocycles. The standard InChI is InChI=1S/C15H16N2O6S2/c1-8(19)17(10-4-3-5-24-10)15(23-2)13(22)16-6-9(7-18)11(12(20)21)25-14(15)16/h3-6,11,14,18H,7H2,1-2H3,(H,20,21)/t11?,14-,15?/m1/s1. The van der Waals surface area contributed by atoms with Crippen LogP contribution >= 0.6 is 23.1 Å². The molecule has 0 saturated carbocycles. The van der Waals surface area contributed by atoms with Crippen molar-refractivity contribution in [2.75, 3.05) is 18.6 Å². The van der Waals surface area contributed by atoms with Gasteiger partial charge >= 0.3 is 5.97 Å². The molecule has 1 aromatic rings. The van der Waals surface area contributed by atoms with E-state index in [0.717, 1.165) is 11.8 Å². The van der Waals surface area contributed by atoms with Crippen LogP contribution in [0.25, 0.3) is 0 Å². The zero-order valence-corrected chi connectivity index (χ0v) is 15.0. The molecule has 3 heterocycles. The summed E-state index contributed by atoms with van der Waals surface area (Å²) < 4.78 is 5.51. The number of β-lactam (4-membered cyclic amide) rings is 1. The first-order valence-corrected chi connectivity index (χ1v) is 9.12. The summed E-state index contributed by atoms with van der Waals surface area (Å²) in [5, 5.41) is 19.3. The van der Waals surface area contributed by atoms with E-state index in [9.17, 15) is 24.6 Å². The number of carbonyl (C=O) groups excluding carboxylic acids is 2. The quantitative estimate of drug-likeness (QED) is 0.568. The van der Waals surface area contributed by atoms with E-state index in [1.54, 1.807) is 17.5 Å². The average molecular weight is 384 g/mol. The van der Waals surface area contributed by atoms with Gasteiger partial charge in [0.05, 0.1) is 6.61 Å². The van der Waals surface area contributed by atoms with E-state index in [-0.39, 0.29) is 11.5 Å². The van der Waals surface area contributed by atoms with E-state index in [4.69, 9.17) is 4.74 Å². The SMILES string of the molecule is COC1(N(C(C)=O)c2cccs2)C(=O)N2C=C(CO)C(C(=O)O)S[C@@H]21. The summed E-state index contributed by atoms with van der Waals surface area (Å²) in [6, 6.07) is 3.44. The number of amides is 2. The largest absolute Gasteiger partial charge is 0.480 e. The second-order valence-corrected chi connectivity index (χ2v) is 7.60. The minimum absolute atomic E-state index is 0.220. The Bertz CT molecular complexity index is 749. The van der Waals surface area contributed by atoms with Gasteiger partial charge in [0.25, 0.3) is 11.6 Å². The Morgan fingerprint density at radius 1 is 1.48 bits per heavy atom. The van der Waals surface area contributed by atoms with Crippen LogP contribution in [-0.4, -0.2) is 63.0 Å². The minimum Gasteiger partial charge on any atom is -0.480 e. The molecule has 0 spiro atoms. The first kappa shape index (κ1) is 17.9. The van der Waals surface area contributed by atoms with Crippen LogP contribution in [0.4, 0.5) is 5.00 Å². The average Bonchev–Trinajstić information content (AvgIpc) is 3.11. The number of thiophene rings is 1. The molecule has 2 aliphatic heterocycles. The zero-order chi connectivity index (χ0) is 18.4. The molecule has 25 heavy (non-hydrogen) atoms. The third kappa shape index (κ3) is 2.48. The fourth-order valence-corrected chi connectivity index (χ4v) is 5.32. The van der Waals surface area contributed by atoms with Gasteiger partial charge in [-0.3, -0.25) is 24.2 Å². The summed E-state index contributed by atoms with van der Waals surface area (Å²) in [6.07, 6.45) is 1.34. The van der Waals surface area contributed by atoms with Crippen molar-refractivity contribution in [3.05, 3.63) is 29.3 Å². The number of hydrogen-bond donors (Lipinski definition) is 2. The van der Waals surface area contributed by atoms with Gasteiger partial charge in [-0.1, -0.05) is 0 Å².